The average Bonchev–Trinajstić information content (AvgIpc) is 2.86. The lowest BCUT2D eigenvalue weighted by molar-refractivity contribution is 0.0554. The molecule has 0 atom stereocenters. The third kappa shape index (κ3) is 3.76. The van der Waals surface area contributed by atoms with Gasteiger partial charge in [-0.25, -0.2) is 9.78 Å². The fourth-order valence-corrected chi connectivity index (χ4v) is 2.45. The third-order valence-corrected chi connectivity index (χ3v) is 3.62. The van der Waals surface area contributed by atoms with Crippen LogP contribution in [0, 0.1) is 6.92 Å². The number of carbonyl (C=O) groups is 2. The lowest BCUT2D eigenvalue weighted by Gasteiger charge is -2.00. The molecule has 0 aliphatic carbocycles. The average molecular weight is 302 g/mol. The number of thiazole rings is 1. The number of ether oxygens (including phenoxy) is 1. The second kappa shape index (κ2) is 6.81. The van der Waals surface area contributed by atoms with Crippen molar-refractivity contribution >= 4 is 28.3 Å². The van der Waals surface area contributed by atoms with Crippen molar-refractivity contribution in [1.82, 2.24) is 4.98 Å². The third-order valence-electron chi connectivity index (χ3n) is 2.57. The van der Waals surface area contributed by atoms with Crippen molar-refractivity contribution in [3.63, 3.8) is 0 Å². The van der Waals surface area contributed by atoms with Gasteiger partial charge in [-0.1, -0.05) is 42.2 Å². The van der Waals surface area contributed by atoms with Crippen LogP contribution in [0.4, 0.5) is 5.13 Å². The van der Waals surface area contributed by atoms with E-state index in [1.165, 1.54) is 6.08 Å². The molecule has 1 N–H and O–H groups in total. The number of aromatic nitrogens is 1. The number of hydrogen-bond donors (Lipinski definition) is 1. The predicted octanol–water partition coefficient (Wildman–Crippen LogP) is 3.05. The van der Waals surface area contributed by atoms with Crippen LogP contribution in [0.15, 0.2) is 43.0 Å². The van der Waals surface area contributed by atoms with Gasteiger partial charge in [-0.05, 0) is 19.1 Å². The topological polar surface area (TPSA) is 68.3 Å². The highest BCUT2D eigenvalue weighted by Crippen LogP contribution is 2.23. The first-order chi connectivity index (χ1) is 10.1. The minimum absolute atomic E-state index is 0.141. The van der Waals surface area contributed by atoms with Crippen molar-refractivity contribution in [2.24, 2.45) is 0 Å². The van der Waals surface area contributed by atoms with Gasteiger partial charge in [0, 0.05) is 5.56 Å². The van der Waals surface area contributed by atoms with Crippen LogP contribution in [0.2, 0.25) is 0 Å². The summed E-state index contributed by atoms with van der Waals surface area (Å²) in [5, 5.41) is 3.04. The number of esters is 1. The fourth-order valence-electron chi connectivity index (χ4n) is 1.60. The highest BCUT2D eigenvalue weighted by molar-refractivity contribution is 7.17. The molecule has 0 saturated heterocycles. The van der Waals surface area contributed by atoms with E-state index in [1.54, 1.807) is 31.2 Å². The molecule has 1 heterocycles. The second-order valence-corrected chi connectivity index (χ2v) is 5.14. The normalized spacial score (nSPS) is 9.95. The molecular formula is C15H14N2O3S. The van der Waals surface area contributed by atoms with Gasteiger partial charge in [0.05, 0.1) is 5.69 Å². The molecule has 21 heavy (non-hydrogen) atoms. The molecule has 2 aromatic rings. The Morgan fingerprint density at radius 3 is 2.76 bits per heavy atom. The van der Waals surface area contributed by atoms with Gasteiger partial charge in [0.15, 0.2) is 5.13 Å². The van der Waals surface area contributed by atoms with Crippen LogP contribution in [0.5, 0.6) is 0 Å². The van der Waals surface area contributed by atoms with E-state index in [2.05, 4.69) is 16.9 Å². The molecule has 2 rings (SSSR count). The van der Waals surface area contributed by atoms with Crippen molar-refractivity contribution in [2.45, 2.75) is 6.92 Å². The van der Waals surface area contributed by atoms with E-state index in [0.29, 0.717) is 21.3 Å². The van der Waals surface area contributed by atoms with Crippen LogP contribution >= 0.6 is 11.3 Å². The lowest BCUT2D eigenvalue weighted by Crippen LogP contribution is -2.11. The SMILES string of the molecule is C=CCOC(=O)c1sc(NC(=O)c2ccccc2)nc1C. The zero-order valence-electron chi connectivity index (χ0n) is 11.5. The molecule has 6 heteroatoms. The summed E-state index contributed by atoms with van der Waals surface area (Å²) >= 11 is 1.09. The number of anilines is 1. The van der Waals surface area contributed by atoms with Gasteiger partial charge in [-0.2, -0.15) is 0 Å². The Labute approximate surface area is 126 Å². The molecule has 0 radical (unpaired) electrons. The smallest absolute Gasteiger partial charge is 0.350 e. The molecule has 0 saturated carbocycles. The monoisotopic (exact) mass is 302 g/mol. The second-order valence-electron chi connectivity index (χ2n) is 4.14. The first kappa shape index (κ1) is 14.9. The summed E-state index contributed by atoms with van der Waals surface area (Å²) in [5.41, 5.74) is 1.05. The van der Waals surface area contributed by atoms with Crippen molar-refractivity contribution in [1.29, 1.82) is 0 Å². The van der Waals surface area contributed by atoms with Gasteiger partial charge in [-0.15, -0.1) is 0 Å². The summed E-state index contributed by atoms with van der Waals surface area (Å²) in [6.45, 7) is 5.31. The van der Waals surface area contributed by atoms with E-state index in [-0.39, 0.29) is 12.5 Å². The molecule has 108 valence electrons. The summed E-state index contributed by atoms with van der Waals surface area (Å²) < 4.78 is 4.96. The van der Waals surface area contributed by atoms with Crippen LogP contribution < -0.4 is 5.32 Å². The van der Waals surface area contributed by atoms with Gasteiger partial charge in [0.1, 0.15) is 11.5 Å². The van der Waals surface area contributed by atoms with Gasteiger partial charge in [0.25, 0.3) is 5.91 Å². The lowest BCUT2D eigenvalue weighted by atomic mass is 10.2. The van der Waals surface area contributed by atoms with E-state index in [9.17, 15) is 9.59 Å². The van der Waals surface area contributed by atoms with Gasteiger partial charge >= 0.3 is 5.97 Å². The standard InChI is InChI=1S/C15H14N2O3S/c1-3-9-20-14(19)12-10(2)16-15(21-12)17-13(18)11-7-5-4-6-8-11/h3-8H,1,9H2,2H3,(H,16,17,18). The molecule has 5 nitrogen and oxygen atoms in total. The summed E-state index contributed by atoms with van der Waals surface area (Å²) in [7, 11) is 0. The Morgan fingerprint density at radius 2 is 2.10 bits per heavy atom. The van der Waals surface area contributed by atoms with Crippen molar-refractivity contribution in [2.75, 3.05) is 11.9 Å². The number of amides is 1. The first-order valence-electron chi connectivity index (χ1n) is 6.23. The van der Waals surface area contributed by atoms with Crippen molar-refractivity contribution < 1.29 is 14.3 Å². The van der Waals surface area contributed by atoms with E-state index < -0.39 is 5.97 Å². The zero-order chi connectivity index (χ0) is 15.2. The Balaban J connectivity index is 2.10. The Morgan fingerprint density at radius 1 is 1.38 bits per heavy atom. The molecule has 0 spiro atoms. The number of aryl methyl sites for hydroxylation is 1. The summed E-state index contributed by atoms with van der Waals surface area (Å²) in [6.07, 6.45) is 1.49. The molecule has 1 aromatic carbocycles. The van der Waals surface area contributed by atoms with Gasteiger partial charge in [0.2, 0.25) is 0 Å². The maximum absolute atomic E-state index is 12.0. The molecule has 1 aromatic heterocycles. The molecule has 0 aliphatic rings. The first-order valence-corrected chi connectivity index (χ1v) is 7.05. The molecule has 0 bridgehead atoms. The molecule has 0 aliphatic heterocycles. The summed E-state index contributed by atoms with van der Waals surface area (Å²) in [4.78, 5) is 28.3. The maximum atomic E-state index is 12.0. The minimum Gasteiger partial charge on any atom is -0.457 e. The van der Waals surface area contributed by atoms with Crippen molar-refractivity contribution in [3.05, 3.63) is 59.1 Å². The number of hydrogen-bond acceptors (Lipinski definition) is 5. The zero-order valence-corrected chi connectivity index (χ0v) is 12.3. The largest absolute Gasteiger partial charge is 0.457 e. The van der Waals surface area contributed by atoms with E-state index in [1.807, 2.05) is 6.07 Å². The Bertz CT molecular complexity index is 665. The Hall–Kier alpha value is -2.47. The van der Waals surface area contributed by atoms with E-state index in [0.717, 1.165) is 11.3 Å². The fraction of sp³-hybridized carbons (Fsp3) is 0.133. The maximum Gasteiger partial charge on any atom is 0.350 e. The summed E-state index contributed by atoms with van der Waals surface area (Å²) in [6, 6.07) is 8.79. The van der Waals surface area contributed by atoms with Crippen LogP contribution in [0.25, 0.3) is 0 Å². The predicted molar refractivity (Wildman–Crippen MR) is 81.7 cm³/mol. The minimum atomic E-state index is -0.467. The number of carbonyl (C=O) groups excluding carboxylic acids is 2. The molecule has 0 fully saturated rings. The number of nitrogens with zero attached hydrogens (tertiary/aromatic N) is 1. The number of nitrogens with one attached hydrogen (secondary N) is 1. The summed E-state index contributed by atoms with van der Waals surface area (Å²) in [5.74, 6) is -0.736. The van der Waals surface area contributed by atoms with Gasteiger partial charge in [-0.3, -0.25) is 10.1 Å². The van der Waals surface area contributed by atoms with Crippen molar-refractivity contribution in [3.8, 4) is 0 Å². The van der Waals surface area contributed by atoms with E-state index in [4.69, 9.17) is 4.74 Å². The highest BCUT2D eigenvalue weighted by atomic mass is 32.1. The number of rotatable bonds is 5. The quantitative estimate of drug-likeness (QED) is 0.681. The van der Waals surface area contributed by atoms with Crippen LogP contribution in [-0.4, -0.2) is 23.5 Å². The molecular weight excluding hydrogens is 288 g/mol. The molecule has 0 unspecified atom stereocenters. The van der Waals surface area contributed by atoms with Gasteiger partial charge < -0.3 is 4.74 Å². The Kier molecular flexibility index (Phi) is 4.84. The highest BCUT2D eigenvalue weighted by Gasteiger charge is 2.17. The number of benzene rings is 1. The van der Waals surface area contributed by atoms with Crippen LogP contribution in [0.1, 0.15) is 25.7 Å². The molecule has 1 amide bonds. The van der Waals surface area contributed by atoms with Crippen LogP contribution in [0.3, 0.4) is 0 Å². The van der Waals surface area contributed by atoms with E-state index >= 15 is 0 Å². The van der Waals surface area contributed by atoms with Crippen LogP contribution in [-0.2, 0) is 4.74 Å².